The van der Waals surface area contributed by atoms with Gasteiger partial charge < -0.3 is 15.7 Å². The highest BCUT2D eigenvalue weighted by Gasteiger charge is 2.17. The number of benzene rings is 1. The topological polar surface area (TPSA) is 95.5 Å². The SMILES string of the molecule is CC(=O)NC(=Cc1ccc(Br)cc1)C(=O)NC(C)C(=O)O. The quantitative estimate of drug-likeness (QED) is 0.698. The summed E-state index contributed by atoms with van der Waals surface area (Å²) in [5, 5.41) is 13.5. The van der Waals surface area contributed by atoms with Gasteiger partial charge in [0.2, 0.25) is 5.91 Å². The van der Waals surface area contributed by atoms with Crippen LogP contribution in [0.1, 0.15) is 19.4 Å². The molecule has 21 heavy (non-hydrogen) atoms. The van der Waals surface area contributed by atoms with E-state index in [0.29, 0.717) is 5.56 Å². The van der Waals surface area contributed by atoms with E-state index in [1.807, 2.05) is 0 Å². The molecule has 0 radical (unpaired) electrons. The van der Waals surface area contributed by atoms with E-state index in [4.69, 9.17) is 5.11 Å². The summed E-state index contributed by atoms with van der Waals surface area (Å²) in [6, 6.07) is 6.02. The number of aliphatic carboxylic acids is 1. The fourth-order valence-corrected chi connectivity index (χ4v) is 1.67. The van der Waals surface area contributed by atoms with Crippen LogP contribution >= 0.6 is 15.9 Å². The third-order valence-electron chi connectivity index (χ3n) is 2.45. The van der Waals surface area contributed by atoms with Gasteiger partial charge in [0.25, 0.3) is 5.91 Å². The van der Waals surface area contributed by atoms with Crippen molar-refractivity contribution < 1.29 is 19.5 Å². The summed E-state index contributed by atoms with van der Waals surface area (Å²) in [4.78, 5) is 33.9. The number of carbonyl (C=O) groups excluding carboxylic acids is 2. The van der Waals surface area contributed by atoms with E-state index < -0.39 is 23.8 Å². The molecule has 0 saturated heterocycles. The molecule has 2 amide bonds. The molecular formula is C14H15BrN2O4. The Kier molecular flexibility index (Phi) is 6.10. The Labute approximate surface area is 130 Å². The first-order valence-corrected chi connectivity index (χ1v) is 6.87. The van der Waals surface area contributed by atoms with Gasteiger partial charge in [0, 0.05) is 11.4 Å². The van der Waals surface area contributed by atoms with Gasteiger partial charge in [0.1, 0.15) is 11.7 Å². The second-order valence-electron chi connectivity index (χ2n) is 4.32. The Bertz CT molecular complexity index is 581. The molecule has 7 heteroatoms. The zero-order chi connectivity index (χ0) is 16.0. The molecule has 1 atom stereocenters. The van der Waals surface area contributed by atoms with E-state index in [1.54, 1.807) is 24.3 Å². The van der Waals surface area contributed by atoms with Gasteiger partial charge in [-0.25, -0.2) is 0 Å². The Balaban J connectivity index is 2.99. The van der Waals surface area contributed by atoms with Crippen LogP contribution in [-0.2, 0) is 14.4 Å². The molecule has 1 rings (SSSR count). The molecule has 112 valence electrons. The zero-order valence-corrected chi connectivity index (χ0v) is 13.1. The van der Waals surface area contributed by atoms with Crippen molar-refractivity contribution in [3.63, 3.8) is 0 Å². The normalized spacial score (nSPS) is 12.4. The average molecular weight is 355 g/mol. The van der Waals surface area contributed by atoms with Crippen LogP contribution in [-0.4, -0.2) is 28.9 Å². The van der Waals surface area contributed by atoms with Crippen LogP contribution in [0, 0.1) is 0 Å². The monoisotopic (exact) mass is 354 g/mol. The fourth-order valence-electron chi connectivity index (χ4n) is 1.41. The van der Waals surface area contributed by atoms with Gasteiger partial charge in [0.05, 0.1) is 0 Å². The van der Waals surface area contributed by atoms with Gasteiger partial charge in [-0.2, -0.15) is 0 Å². The summed E-state index contributed by atoms with van der Waals surface area (Å²) in [7, 11) is 0. The van der Waals surface area contributed by atoms with E-state index in [-0.39, 0.29) is 5.70 Å². The van der Waals surface area contributed by atoms with Crippen molar-refractivity contribution in [2.45, 2.75) is 19.9 Å². The van der Waals surface area contributed by atoms with Crippen molar-refractivity contribution in [1.29, 1.82) is 0 Å². The highest BCUT2D eigenvalue weighted by atomic mass is 79.9. The lowest BCUT2D eigenvalue weighted by molar-refractivity contribution is -0.140. The minimum Gasteiger partial charge on any atom is -0.480 e. The Morgan fingerprint density at radius 3 is 2.29 bits per heavy atom. The third kappa shape index (κ3) is 5.78. The van der Waals surface area contributed by atoms with Crippen LogP contribution in [0.15, 0.2) is 34.4 Å². The van der Waals surface area contributed by atoms with Crippen molar-refractivity contribution in [3.05, 3.63) is 40.0 Å². The molecule has 1 unspecified atom stereocenters. The fraction of sp³-hybridized carbons (Fsp3) is 0.214. The van der Waals surface area contributed by atoms with Crippen molar-refractivity contribution >= 4 is 39.8 Å². The molecule has 0 saturated carbocycles. The predicted molar refractivity (Wildman–Crippen MR) is 81.2 cm³/mol. The molecule has 3 N–H and O–H groups in total. The van der Waals surface area contributed by atoms with Gasteiger partial charge in [-0.1, -0.05) is 28.1 Å². The van der Waals surface area contributed by atoms with Crippen molar-refractivity contribution in [1.82, 2.24) is 10.6 Å². The van der Waals surface area contributed by atoms with Crippen molar-refractivity contribution in [3.8, 4) is 0 Å². The third-order valence-corrected chi connectivity index (χ3v) is 2.98. The minimum atomic E-state index is -1.16. The summed E-state index contributed by atoms with van der Waals surface area (Å²) in [6.45, 7) is 2.61. The summed E-state index contributed by atoms with van der Waals surface area (Å²) in [6.07, 6.45) is 1.47. The maximum Gasteiger partial charge on any atom is 0.325 e. The summed E-state index contributed by atoms with van der Waals surface area (Å²) >= 11 is 3.29. The van der Waals surface area contributed by atoms with Crippen LogP contribution in [0.25, 0.3) is 6.08 Å². The first-order valence-electron chi connectivity index (χ1n) is 6.08. The lowest BCUT2D eigenvalue weighted by Crippen LogP contribution is -2.42. The molecule has 0 bridgehead atoms. The van der Waals surface area contributed by atoms with Crippen LogP contribution < -0.4 is 10.6 Å². The first-order chi connectivity index (χ1) is 9.79. The Hall–Kier alpha value is -2.15. The van der Waals surface area contributed by atoms with E-state index in [1.165, 1.54) is 19.9 Å². The van der Waals surface area contributed by atoms with E-state index in [0.717, 1.165) is 4.47 Å². The number of carboxylic acid groups (broad SMARTS) is 1. The number of carbonyl (C=O) groups is 3. The maximum atomic E-state index is 12.0. The highest BCUT2D eigenvalue weighted by molar-refractivity contribution is 9.10. The first kappa shape index (κ1) is 16.9. The number of hydrogen-bond donors (Lipinski definition) is 3. The molecule has 0 aliphatic heterocycles. The Morgan fingerprint density at radius 1 is 1.24 bits per heavy atom. The number of hydrogen-bond acceptors (Lipinski definition) is 3. The average Bonchev–Trinajstić information content (AvgIpc) is 2.39. The zero-order valence-electron chi connectivity index (χ0n) is 11.5. The van der Waals surface area contributed by atoms with Crippen LogP contribution in [0.4, 0.5) is 0 Å². The van der Waals surface area contributed by atoms with E-state index in [9.17, 15) is 14.4 Å². The second-order valence-corrected chi connectivity index (χ2v) is 5.24. The van der Waals surface area contributed by atoms with E-state index >= 15 is 0 Å². The minimum absolute atomic E-state index is 0.0158. The van der Waals surface area contributed by atoms with Gasteiger partial charge in [-0.3, -0.25) is 14.4 Å². The smallest absolute Gasteiger partial charge is 0.325 e. The molecule has 6 nitrogen and oxygen atoms in total. The van der Waals surface area contributed by atoms with Gasteiger partial charge in [-0.05, 0) is 30.7 Å². The molecule has 1 aromatic carbocycles. The summed E-state index contributed by atoms with van der Waals surface area (Å²) in [5.74, 6) is -2.24. The molecule has 0 heterocycles. The highest BCUT2D eigenvalue weighted by Crippen LogP contribution is 2.12. The van der Waals surface area contributed by atoms with Gasteiger partial charge in [-0.15, -0.1) is 0 Å². The lowest BCUT2D eigenvalue weighted by Gasteiger charge is -2.12. The molecule has 0 aliphatic carbocycles. The molecule has 0 fully saturated rings. The van der Waals surface area contributed by atoms with Crippen molar-refractivity contribution in [2.75, 3.05) is 0 Å². The standard InChI is InChI=1S/C14H15BrN2O4/c1-8(14(20)21)16-13(19)12(17-9(2)18)7-10-3-5-11(15)6-4-10/h3-8H,1-2H3,(H,16,19)(H,17,18)(H,20,21). The molecule has 1 aromatic rings. The number of nitrogens with one attached hydrogen (secondary N) is 2. The second kappa shape index (κ2) is 7.58. The molecule has 0 aliphatic rings. The van der Waals surface area contributed by atoms with E-state index in [2.05, 4.69) is 26.6 Å². The lowest BCUT2D eigenvalue weighted by atomic mass is 10.2. The van der Waals surface area contributed by atoms with Crippen LogP contribution in [0.5, 0.6) is 0 Å². The van der Waals surface area contributed by atoms with Crippen LogP contribution in [0.3, 0.4) is 0 Å². The number of halogens is 1. The van der Waals surface area contributed by atoms with Crippen molar-refractivity contribution in [2.24, 2.45) is 0 Å². The van der Waals surface area contributed by atoms with Gasteiger partial charge in [0.15, 0.2) is 0 Å². The summed E-state index contributed by atoms with van der Waals surface area (Å²) < 4.78 is 0.879. The van der Waals surface area contributed by atoms with Gasteiger partial charge >= 0.3 is 5.97 Å². The number of rotatable bonds is 5. The van der Waals surface area contributed by atoms with Crippen LogP contribution in [0.2, 0.25) is 0 Å². The molecular weight excluding hydrogens is 340 g/mol. The maximum absolute atomic E-state index is 12.0. The largest absolute Gasteiger partial charge is 0.480 e. The molecule has 0 aromatic heterocycles. The predicted octanol–water partition coefficient (Wildman–Crippen LogP) is 1.52. The summed E-state index contributed by atoms with van der Waals surface area (Å²) in [5.41, 5.74) is 0.679. The Morgan fingerprint density at radius 2 is 1.81 bits per heavy atom. The number of carboxylic acids is 1. The molecule has 0 spiro atoms. The number of amides is 2.